The molecule has 1 saturated heterocycles. The van der Waals surface area contributed by atoms with E-state index in [1.165, 1.54) is 16.8 Å². The number of anilines is 1. The molecular formula is C16H17N3O6. The molecular weight excluding hydrogens is 330 g/mol. The maximum atomic E-state index is 12.1. The second-order valence-corrected chi connectivity index (χ2v) is 5.45. The van der Waals surface area contributed by atoms with Crippen molar-refractivity contribution < 1.29 is 24.5 Å². The summed E-state index contributed by atoms with van der Waals surface area (Å²) in [5, 5.41) is 21.3. The maximum absolute atomic E-state index is 12.1. The molecule has 3 rings (SSSR count). The van der Waals surface area contributed by atoms with Crippen molar-refractivity contribution in [2.24, 2.45) is 0 Å². The van der Waals surface area contributed by atoms with Gasteiger partial charge in [0.2, 0.25) is 5.88 Å². The third kappa shape index (κ3) is 4.02. The molecule has 0 saturated carbocycles. The van der Waals surface area contributed by atoms with E-state index in [9.17, 15) is 14.7 Å². The standard InChI is InChI=1S/C16H17N3O6/c20-9-12-11(21)8-14(24-12)19-7-6-13(18-15(19)22)25-16(23)17-10-4-2-1-3-5-10/h1-7,11-12,14,20-21H,8-9H2,(H,17,23)/t11?,12-,14-/m1/s1. The lowest BCUT2D eigenvalue weighted by Gasteiger charge is -2.14. The van der Waals surface area contributed by atoms with Gasteiger partial charge in [-0.2, -0.15) is 4.98 Å². The first kappa shape index (κ1) is 17.1. The number of rotatable bonds is 4. The summed E-state index contributed by atoms with van der Waals surface area (Å²) in [7, 11) is 0. The van der Waals surface area contributed by atoms with Gasteiger partial charge in [-0.15, -0.1) is 0 Å². The lowest BCUT2D eigenvalue weighted by atomic mass is 10.2. The molecule has 0 bridgehead atoms. The molecule has 1 aromatic heterocycles. The van der Waals surface area contributed by atoms with E-state index in [0.29, 0.717) is 5.69 Å². The fraction of sp³-hybridized carbons (Fsp3) is 0.312. The molecule has 1 unspecified atom stereocenters. The number of ether oxygens (including phenoxy) is 2. The largest absolute Gasteiger partial charge is 0.418 e. The van der Waals surface area contributed by atoms with Crippen molar-refractivity contribution in [3.8, 4) is 5.88 Å². The predicted molar refractivity (Wildman–Crippen MR) is 86.2 cm³/mol. The number of aliphatic hydroxyl groups is 2. The zero-order chi connectivity index (χ0) is 17.8. The Labute approximate surface area is 142 Å². The van der Waals surface area contributed by atoms with Crippen molar-refractivity contribution in [2.75, 3.05) is 11.9 Å². The van der Waals surface area contributed by atoms with Gasteiger partial charge >= 0.3 is 11.8 Å². The van der Waals surface area contributed by atoms with E-state index >= 15 is 0 Å². The van der Waals surface area contributed by atoms with Crippen molar-refractivity contribution in [1.29, 1.82) is 0 Å². The topological polar surface area (TPSA) is 123 Å². The maximum Gasteiger partial charge on any atom is 0.418 e. The van der Waals surface area contributed by atoms with Gasteiger partial charge in [-0.25, -0.2) is 9.59 Å². The molecule has 0 spiro atoms. The molecule has 25 heavy (non-hydrogen) atoms. The van der Waals surface area contributed by atoms with Crippen molar-refractivity contribution in [3.05, 3.63) is 53.1 Å². The van der Waals surface area contributed by atoms with Gasteiger partial charge in [0.15, 0.2) is 0 Å². The molecule has 3 N–H and O–H groups in total. The van der Waals surface area contributed by atoms with Crippen LogP contribution in [0, 0.1) is 0 Å². The fourth-order valence-electron chi connectivity index (χ4n) is 2.48. The minimum atomic E-state index is -0.866. The van der Waals surface area contributed by atoms with E-state index in [2.05, 4.69) is 10.3 Å². The fourth-order valence-corrected chi connectivity index (χ4v) is 2.48. The number of carbonyl (C=O) groups excluding carboxylic acids is 1. The van der Waals surface area contributed by atoms with Crippen LogP contribution in [0.5, 0.6) is 5.88 Å². The van der Waals surface area contributed by atoms with Crippen LogP contribution in [-0.2, 0) is 4.74 Å². The third-order valence-electron chi connectivity index (χ3n) is 3.72. The van der Waals surface area contributed by atoms with Crippen LogP contribution in [0.1, 0.15) is 12.6 Å². The summed E-state index contributed by atoms with van der Waals surface area (Å²) in [6.07, 6.45) is -1.61. The van der Waals surface area contributed by atoms with Gasteiger partial charge in [0.05, 0.1) is 12.7 Å². The molecule has 0 aliphatic carbocycles. The number of nitrogens with one attached hydrogen (secondary N) is 1. The number of aromatic nitrogens is 2. The number of para-hydroxylation sites is 1. The van der Waals surface area contributed by atoms with Gasteiger partial charge in [0.25, 0.3) is 0 Å². The molecule has 0 radical (unpaired) electrons. The quantitative estimate of drug-likeness (QED) is 0.736. The van der Waals surface area contributed by atoms with E-state index < -0.39 is 30.2 Å². The number of hydrogen-bond acceptors (Lipinski definition) is 7. The summed E-state index contributed by atoms with van der Waals surface area (Å²) in [6, 6.07) is 10.0. The number of amides is 1. The highest BCUT2D eigenvalue weighted by Gasteiger charge is 2.35. The van der Waals surface area contributed by atoms with Crippen molar-refractivity contribution in [1.82, 2.24) is 9.55 Å². The van der Waals surface area contributed by atoms with Gasteiger partial charge < -0.3 is 19.7 Å². The first-order valence-corrected chi connectivity index (χ1v) is 7.64. The van der Waals surface area contributed by atoms with Gasteiger partial charge in [-0.3, -0.25) is 9.88 Å². The lowest BCUT2D eigenvalue weighted by molar-refractivity contribution is -0.0459. The van der Waals surface area contributed by atoms with E-state index in [-0.39, 0.29) is 18.9 Å². The summed E-state index contributed by atoms with van der Waals surface area (Å²) in [4.78, 5) is 27.6. The highest BCUT2D eigenvalue weighted by atomic mass is 16.6. The summed E-state index contributed by atoms with van der Waals surface area (Å²) in [5.41, 5.74) is -0.148. The normalized spacial score (nSPS) is 22.6. The molecule has 1 aliphatic rings. The van der Waals surface area contributed by atoms with Gasteiger partial charge in [0, 0.05) is 24.4 Å². The van der Waals surface area contributed by atoms with Crippen LogP contribution in [0.3, 0.4) is 0 Å². The molecule has 1 aliphatic heterocycles. The highest BCUT2D eigenvalue weighted by Crippen LogP contribution is 2.27. The second kappa shape index (κ2) is 7.43. The highest BCUT2D eigenvalue weighted by molar-refractivity contribution is 5.85. The molecule has 9 nitrogen and oxygen atoms in total. The Kier molecular flexibility index (Phi) is 5.08. The first-order valence-electron chi connectivity index (χ1n) is 7.64. The number of aliphatic hydroxyl groups excluding tert-OH is 2. The van der Waals surface area contributed by atoms with Crippen LogP contribution in [0.15, 0.2) is 47.4 Å². The van der Waals surface area contributed by atoms with Crippen LogP contribution in [0.25, 0.3) is 0 Å². The zero-order valence-electron chi connectivity index (χ0n) is 13.1. The van der Waals surface area contributed by atoms with E-state index in [1.807, 2.05) is 0 Å². The Morgan fingerprint density at radius 2 is 2.12 bits per heavy atom. The molecule has 132 valence electrons. The Morgan fingerprint density at radius 1 is 1.36 bits per heavy atom. The lowest BCUT2D eigenvalue weighted by Crippen LogP contribution is -2.28. The van der Waals surface area contributed by atoms with Crippen molar-refractivity contribution in [2.45, 2.75) is 24.9 Å². The molecule has 2 aromatic rings. The Bertz CT molecular complexity index is 794. The molecule has 1 amide bonds. The number of benzene rings is 1. The number of carbonyl (C=O) groups is 1. The van der Waals surface area contributed by atoms with Crippen LogP contribution in [-0.4, -0.2) is 44.7 Å². The summed E-state index contributed by atoms with van der Waals surface area (Å²) < 4.78 is 11.5. The average molecular weight is 347 g/mol. The summed E-state index contributed by atoms with van der Waals surface area (Å²) >= 11 is 0. The molecule has 3 atom stereocenters. The molecule has 2 heterocycles. The minimum Gasteiger partial charge on any atom is -0.394 e. The van der Waals surface area contributed by atoms with Gasteiger partial charge in [-0.1, -0.05) is 18.2 Å². The second-order valence-electron chi connectivity index (χ2n) is 5.45. The third-order valence-corrected chi connectivity index (χ3v) is 3.72. The number of nitrogens with zero attached hydrogens (tertiary/aromatic N) is 2. The Hall–Kier alpha value is -2.75. The predicted octanol–water partition coefficient (Wildman–Crippen LogP) is 0.495. The Balaban J connectivity index is 1.66. The summed E-state index contributed by atoms with van der Waals surface area (Å²) in [5.74, 6) is -0.160. The Morgan fingerprint density at radius 3 is 2.76 bits per heavy atom. The average Bonchev–Trinajstić information content (AvgIpc) is 2.96. The first-order chi connectivity index (χ1) is 12.1. The summed E-state index contributed by atoms with van der Waals surface area (Å²) in [6.45, 7) is -0.347. The van der Waals surface area contributed by atoms with Crippen molar-refractivity contribution in [3.63, 3.8) is 0 Å². The monoisotopic (exact) mass is 347 g/mol. The van der Waals surface area contributed by atoms with E-state index in [1.54, 1.807) is 30.3 Å². The smallest absolute Gasteiger partial charge is 0.394 e. The molecule has 1 aromatic carbocycles. The van der Waals surface area contributed by atoms with Crippen molar-refractivity contribution >= 4 is 11.8 Å². The van der Waals surface area contributed by atoms with Crippen LogP contribution in [0.4, 0.5) is 10.5 Å². The van der Waals surface area contributed by atoms with E-state index in [0.717, 1.165) is 0 Å². The molecule has 1 fully saturated rings. The van der Waals surface area contributed by atoms with E-state index in [4.69, 9.17) is 14.6 Å². The SMILES string of the molecule is O=C(Nc1ccccc1)Oc1ccn([C@H]2CC(O)[C@@H](CO)O2)c(=O)n1. The van der Waals surface area contributed by atoms with Gasteiger partial charge in [-0.05, 0) is 12.1 Å². The molecule has 9 heteroatoms. The van der Waals surface area contributed by atoms with Gasteiger partial charge in [0.1, 0.15) is 12.3 Å². The minimum absolute atomic E-state index is 0.154. The van der Waals surface area contributed by atoms with Crippen LogP contribution in [0.2, 0.25) is 0 Å². The zero-order valence-corrected chi connectivity index (χ0v) is 13.1. The van der Waals surface area contributed by atoms with Crippen LogP contribution < -0.4 is 15.7 Å². The number of hydrogen-bond donors (Lipinski definition) is 3. The van der Waals surface area contributed by atoms with Crippen LogP contribution >= 0.6 is 0 Å².